The molecule has 1 rings (SSSR count). The van der Waals surface area contributed by atoms with E-state index in [4.69, 9.17) is 0 Å². The van der Waals surface area contributed by atoms with Crippen LogP contribution in [0.5, 0.6) is 0 Å². The van der Waals surface area contributed by atoms with Crippen LogP contribution in [-0.2, 0) is 4.79 Å². The molecule has 15 heavy (non-hydrogen) atoms. The fourth-order valence-electron chi connectivity index (χ4n) is 1.03. The molecule has 0 saturated heterocycles. The van der Waals surface area contributed by atoms with Gasteiger partial charge in [-0.3, -0.25) is 4.79 Å². The Balaban J connectivity index is 2.34. The second kappa shape index (κ2) is 6.53. The quantitative estimate of drug-likeness (QED) is 0.634. The Morgan fingerprint density at radius 1 is 1.53 bits per heavy atom. The molecule has 1 aromatic rings. The molecular formula is C10H14BrN3O. The summed E-state index contributed by atoms with van der Waals surface area (Å²) in [6.45, 7) is 3.25. The van der Waals surface area contributed by atoms with Crippen molar-refractivity contribution in [3.8, 4) is 0 Å². The van der Waals surface area contributed by atoms with Gasteiger partial charge in [0.25, 0.3) is 0 Å². The van der Waals surface area contributed by atoms with Gasteiger partial charge in [0, 0.05) is 0 Å². The van der Waals surface area contributed by atoms with Crippen molar-refractivity contribution in [1.82, 2.24) is 10.3 Å². The summed E-state index contributed by atoms with van der Waals surface area (Å²) in [4.78, 5) is 15.4. The van der Waals surface area contributed by atoms with Crippen LogP contribution in [0.15, 0.2) is 22.9 Å². The van der Waals surface area contributed by atoms with E-state index >= 15 is 0 Å². The number of anilines is 1. The van der Waals surface area contributed by atoms with Gasteiger partial charge < -0.3 is 10.6 Å². The van der Waals surface area contributed by atoms with Gasteiger partial charge in [0.05, 0.1) is 18.4 Å². The molecular weight excluding hydrogens is 258 g/mol. The zero-order valence-electron chi connectivity index (χ0n) is 8.59. The second-order valence-corrected chi connectivity index (χ2v) is 3.91. The van der Waals surface area contributed by atoms with E-state index in [1.54, 1.807) is 18.3 Å². The van der Waals surface area contributed by atoms with E-state index < -0.39 is 0 Å². The van der Waals surface area contributed by atoms with Crippen LogP contribution in [0.4, 0.5) is 5.69 Å². The average molecular weight is 272 g/mol. The highest BCUT2D eigenvalue weighted by Crippen LogP contribution is 2.09. The van der Waals surface area contributed by atoms with Crippen LogP contribution in [-0.4, -0.2) is 24.0 Å². The monoisotopic (exact) mass is 271 g/mol. The lowest BCUT2D eigenvalue weighted by Gasteiger charge is -2.05. The second-order valence-electron chi connectivity index (χ2n) is 3.09. The van der Waals surface area contributed by atoms with Crippen molar-refractivity contribution >= 4 is 27.5 Å². The summed E-state index contributed by atoms with van der Waals surface area (Å²) in [5.41, 5.74) is 0.710. The number of halogens is 1. The van der Waals surface area contributed by atoms with E-state index in [0.29, 0.717) is 12.2 Å². The Kier molecular flexibility index (Phi) is 5.28. The van der Waals surface area contributed by atoms with Crippen LogP contribution >= 0.6 is 15.9 Å². The number of nitrogens with zero attached hydrogens (tertiary/aromatic N) is 1. The van der Waals surface area contributed by atoms with E-state index in [2.05, 4.69) is 38.5 Å². The Morgan fingerprint density at radius 2 is 2.33 bits per heavy atom. The van der Waals surface area contributed by atoms with Gasteiger partial charge in [-0.15, -0.1) is 0 Å². The van der Waals surface area contributed by atoms with Gasteiger partial charge in [-0.1, -0.05) is 6.92 Å². The number of carbonyl (C=O) groups is 1. The molecule has 1 amide bonds. The Bertz CT molecular complexity index is 313. The number of rotatable bonds is 5. The van der Waals surface area contributed by atoms with Crippen LogP contribution in [0.1, 0.15) is 13.3 Å². The summed E-state index contributed by atoms with van der Waals surface area (Å²) in [7, 11) is 0. The summed E-state index contributed by atoms with van der Waals surface area (Å²) in [6, 6.07) is 3.59. The van der Waals surface area contributed by atoms with Gasteiger partial charge in [-0.2, -0.15) is 0 Å². The topological polar surface area (TPSA) is 54.0 Å². The SMILES string of the molecule is CCCNCC(=O)Nc1ccc(Br)nc1. The van der Waals surface area contributed by atoms with Gasteiger partial charge in [-0.05, 0) is 41.0 Å². The normalized spacial score (nSPS) is 10.0. The third-order valence-electron chi connectivity index (χ3n) is 1.72. The van der Waals surface area contributed by atoms with Crippen LogP contribution in [0.2, 0.25) is 0 Å². The summed E-state index contributed by atoms with van der Waals surface area (Å²) in [6.07, 6.45) is 2.63. The van der Waals surface area contributed by atoms with E-state index in [1.807, 2.05) is 0 Å². The van der Waals surface area contributed by atoms with Gasteiger partial charge in [0.15, 0.2) is 0 Å². The third-order valence-corrected chi connectivity index (χ3v) is 2.19. The summed E-state index contributed by atoms with van der Waals surface area (Å²) < 4.78 is 0.754. The summed E-state index contributed by atoms with van der Waals surface area (Å²) >= 11 is 3.23. The van der Waals surface area contributed by atoms with E-state index in [-0.39, 0.29) is 5.91 Å². The van der Waals surface area contributed by atoms with E-state index in [9.17, 15) is 4.79 Å². The molecule has 1 aromatic heterocycles. The average Bonchev–Trinajstić information content (AvgIpc) is 2.22. The van der Waals surface area contributed by atoms with Gasteiger partial charge >= 0.3 is 0 Å². The van der Waals surface area contributed by atoms with Crippen molar-refractivity contribution in [2.75, 3.05) is 18.4 Å². The lowest BCUT2D eigenvalue weighted by molar-refractivity contribution is -0.115. The molecule has 0 unspecified atom stereocenters. The van der Waals surface area contributed by atoms with Crippen LogP contribution in [0, 0.1) is 0 Å². The first kappa shape index (κ1) is 12.1. The van der Waals surface area contributed by atoms with Gasteiger partial charge in [0.1, 0.15) is 4.60 Å². The highest BCUT2D eigenvalue weighted by molar-refractivity contribution is 9.10. The molecule has 0 atom stereocenters. The number of hydrogen-bond donors (Lipinski definition) is 2. The first-order valence-corrected chi connectivity index (χ1v) is 5.64. The fraction of sp³-hybridized carbons (Fsp3) is 0.400. The minimum Gasteiger partial charge on any atom is -0.324 e. The number of aromatic nitrogens is 1. The molecule has 0 radical (unpaired) electrons. The fourth-order valence-corrected chi connectivity index (χ4v) is 1.27. The molecule has 0 bridgehead atoms. The molecule has 0 aliphatic carbocycles. The Labute approximate surface area is 97.6 Å². The molecule has 0 aliphatic heterocycles. The molecule has 0 aromatic carbocycles. The smallest absolute Gasteiger partial charge is 0.238 e. The largest absolute Gasteiger partial charge is 0.324 e. The third kappa shape index (κ3) is 4.90. The van der Waals surface area contributed by atoms with Crippen molar-refractivity contribution in [1.29, 1.82) is 0 Å². The molecule has 82 valence electrons. The molecule has 4 nitrogen and oxygen atoms in total. The van der Waals surface area contributed by atoms with Crippen LogP contribution < -0.4 is 10.6 Å². The highest BCUT2D eigenvalue weighted by Gasteiger charge is 2.00. The first-order chi connectivity index (χ1) is 7.22. The minimum absolute atomic E-state index is 0.0485. The molecule has 2 N–H and O–H groups in total. The highest BCUT2D eigenvalue weighted by atomic mass is 79.9. The molecule has 0 spiro atoms. The first-order valence-electron chi connectivity index (χ1n) is 4.84. The Morgan fingerprint density at radius 3 is 2.93 bits per heavy atom. The predicted octanol–water partition coefficient (Wildman–Crippen LogP) is 1.78. The standard InChI is InChI=1S/C10H14BrN3O/c1-2-5-12-7-10(15)14-8-3-4-9(11)13-6-8/h3-4,6,12H,2,5,7H2,1H3,(H,14,15). The number of hydrogen-bond acceptors (Lipinski definition) is 3. The number of nitrogens with one attached hydrogen (secondary N) is 2. The van der Waals surface area contributed by atoms with Crippen molar-refractivity contribution < 1.29 is 4.79 Å². The van der Waals surface area contributed by atoms with E-state index in [0.717, 1.165) is 17.6 Å². The van der Waals surface area contributed by atoms with Gasteiger partial charge in [-0.25, -0.2) is 4.98 Å². The van der Waals surface area contributed by atoms with Crippen molar-refractivity contribution in [3.63, 3.8) is 0 Å². The number of pyridine rings is 1. The zero-order chi connectivity index (χ0) is 11.1. The van der Waals surface area contributed by atoms with Crippen LogP contribution in [0.3, 0.4) is 0 Å². The number of carbonyl (C=O) groups excluding carboxylic acids is 1. The Hall–Kier alpha value is -0.940. The maximum atomic E-state index is 11.4. The maximum absolute atomic E-state index is 11.4. The van der Waals surface area contributed by atoms with Crippen LogP contribution in [0.25, 0.3) is 0 Å². The lowest BCUT2D eigenvalue weighted by Crippen LogP contribution is -2.28. The molecule has 0 saturated carbocycles. The zero-order valence-corrected chi connectivity index (χ0v) is 10.2. The predicted molar refractivity (Wildman–Crippen MR) is 63.7 cm³/mol. The molecule has 0 fully saturated rings. The van der Waals surface area contributed by atoms with Crippen molar-refractivity contribution in [2.24, 2.45) is 0 Å². The van der Waals surface area contributed by atoms with Crippen molar-refractivity contribution in [2.45, 2.75) is 13.3 Å². The molecule has 0 aliphatic rings. The van der Waals surface area contributed by atoms with Crippen molar-refractivity contribution in [3.05, 3.63) is 22.9 Å². The summed E-state index contributed by atoms with van der Waals surface area (Å²) in [5.74, 6) is -0.0485. The lowest BCUT2D eigenvalue weighted by atomic mass is 10.4. The maximum Gasteiger partial charge on any atom is 0.238 e. The van der Waals surface area contributed by atoms with E-state index in [1.165, 1.54) is 0 Å². The van der Waals surface area contributed by atoms with Gasteiger partial charge in [0.2, 0.25) is 5.91 Å². The number of amides is 1. The molecule has 5 heteroatoms. The molecule has 1 heterocycles. The summed E-state index contributed by atoms with van der Waals surface area (Å²) in [5, 5.41) is 5.77. The minimum atomic E-state index is -0.0485.